The highest BCUT2D eigenvalue weighted by molar-refractivity contribution is 5.93. The Hall–Kier alpha value is -4.14. The molecule has 0 aliphatic heterocycles. The van der Waals surface area contributed by atoms with Gasteiger partial charge in [-0.3, -0.25) is 9.59 Å². The molecule has 0 saturated carbocycles. The summed E-state index contributed by atoms with van der Waals surface area (Å²) in [5.41, 5.74) is 0.643. The second kappa shape index (κ2) is 10.1. The highest BCUT2D eigenvalue weighted by Crippen LogP contribution is 2.32. The number of hydrogen-bond donors (Lipinski definition) is 3. The minimum Gasteiger partial charge on any atom is -0.485 e. The number of carbonyl (C=O) groups excluding carboxylic acids is 2. The summed E-state index contributed by atoms with van der Waals surface area (Å²) in [6, 6.07) is 9.99. The topological polar surface area (TPSA) is 131 Å². The van der Waals surface area contributed by atoms with Crippen LogP contribution >= 0.6 is 0 Å². The largest absolute Gasteiger partial charge is 0.485 e. The van der Waals surface area contributed by atoms with Crippen molar-refractivity contribution < 1.29 is 29.0 Å². The van der Waals surface area contributed by atoms with E-state index < -0.39 is 36.9 Å². The van der Waals surface area contributed by atoms with Gasteiger partial charge in [-0.15, -0.1) is 0 Å². The number of fused-ring (bicyclic) bond motifs is 1. The maximum absolute atomic E-state index is 12.6. The monoisotopic (exact) mass is 423 g/mol. The highest BCUT2D eigenvalue weighted by atomic mass is 16.5. The van der Waals surface area contributed by atoms with Gasteiger partial charge >= 0.3 is 12.1 Å². The van der Waals surface area contributed by atoms with E-state index >= 15 is 0 Å². The smallest absolute Gasteiger partial charge is 0.408 e. The van der Waals surface area contributed by atoms with E-state index in [9.17, 15) is 14.4 Å². The Morgan fingerprint density at radius 1 is 1.23 bits per heavy atom. The molecule has 9 heteroatoms. The number of ether oxygens (including phenoxy) is 2. The lowest BCUT2D eigenvalue weighted by Crippen LogP contribution is -2.44. The van der Waals surface area contributed by atoms with E-state index in [1.165, 1.54) is 6.08 Å². The third-order valence-electron chi connectivity index (χ3n) is 4.36. The first-order valence-corrected chi connectivity index (χ1v) is 9.42. The molecule has 3 N–H and O–H groups in total. The number of aromatic amines is 1. The second-order valence-corrected chi connectivity index (χ2v) is 6.57. The predicted molar refractivity (Wildman–Crippen MR) is 113 cm³/mol. The van der Waals surface area contributed by atoms with Crippen LogP contribution in [0.15, 0.2) is 61.4 Å². The first-order chi connectivity index (χ1) is 15.0. The van der Waals surface area contributed by atoms with Crippen molar-refractivity contribution in [3.63, 3.8) is 0 Å². The zero-order valence-electron chi connectivity index (χ0n) is 16.5. The molecular formula is C22H21N3O6. The van der Waals surface area contributed by atoms with Gasteiger partial charge in [-0.1, -0.05) is 36.9 Å². The molecule has 1 atom stereocenters. The van der Waals surface area contributed by atoms with Crippen LogP contribution in [0.2, 0.25) is 0 Å². The number of aliphatic carboxylic acids is 1. The molecule has 0 spiro atoms. The van der Waals surface area contributed by atoms with Crippen molar-refractivity contribution in [2.75, 3.05) is 13.2 Å². The van der Waals surface area contributed by atoms with Crippen molar-refractivity contribution in [3.05, 3.63) is 61.4 Å². The van der Waals surface area contributed by atoms with Crippen LogP contribution in [0.3, 0.4) is 0 Å². The molecule has 1 aromatic heterocycles. The molecule has 0 fully saturated rings. The van der Waals surface area contributed by atoms with Crippen molar-refractivity contribution in [2.24, 2.45) is 0 Å². The van der Waals surface area contributed by atoms with Crippen LogP contribution in [0.4, 0.5) is 4.79 Å². The fourth-order valence-corrected chi connectivity index (χ4v) is 2.92. The van der Waals surface area contributed by atoms with E-state index in [-0.39, 0.29) is 6.61 Å². The Balaban J connectivity index is 1.79. The number of hydrogen-bond acceptors (Lipinski definition) is 6. The number of rotatable bonds is 10. The average molecular weight is 423 g/mol. The minimum absolute atomic E-state index is 0.0695. The summed E-state index contributed by atoms with van der Waals surface area (Å²) in [5.74, 6) is -0.910. The van der Waals surface area contributed by atoms with Crippen LogP contribution in [0.5, 0.6) is 5.75 Å². The first kappa shape index (κ1) is 21.6. The van der Waals surface area contributed by atoms with Gasteiger partial charge in [0.15, 0.2) is 5.78 Å². The molecule has 3 rings (SSSR count). The van der Waals surface area contributed by atoms with Gasteiger partial charge < -0.3 is 24.9 Å². The number of amides is 1. The SMILES string of the molecule is C=CCOC(=O)N[C@@H](CC(=O)O)C(=O)COc1cc2ccccc2cc1-c1ncc[nH]1. The summed E-state index contributed by atoms with van der Waals surface area (Å²) in [6.45, 7) is 2.89. The van der Waals surface area contributed by atoms with Gasteiger partial charge in [-0.25, -0.2) is 9.78 Å². The van der Waals surface area contributed by atoms with Gasteiger partial charge in [0.05, 0.1) is 12.0 Å². The van der Waals surface area contributed by atoms with Crippen molar-refractivity contribution in [3.8, 4) is 17.1 Å². The zero-order valence-corrected chi connectivity index (χ0v) is 16.5. The number of aromatic nitrogens is 2. The molecule has 1 heterocycles. The van der Waals surface area contributed by atoms with Crippen LogP contribution in [-0.4, -0.2) is 52.2 Å². The molecule has 1 amide bonds. The van der Waals surface area contributed by atoms with Gasteiger partial charge in [-0.05, 0) is 22.9 Å². The Bertz CT molecular complexity index is 1090. The Morgan fingerprint density at radius 2 is 1.97 bits per heavy atom. The molecule has 0 saturated heterocycles. The van der Waals surface area contributed by atoms with E-state index in [4.69, 9.17) is 14.6 Å². The normalized spacial score (nSPS) is 11.5. The summed E-state index contributed by atoms with van der Waals surface area (Å²) in [5, 5.41) is 13.2. The van der Waals surface area contributed by atoms with Crippen LogP contribution in [-0.2, 0) is 14.3 Å². The minimum atomic E-state index is -1.30. The first-order valence-electron chi connectivity index (χ1n) is 9.42. The maximum Gasteiger partial charge on any atom is 0.408 e. The van der Waals surface area contributed by atoms with Gasteiger partial charge in [0.2, 0.25) is 0 Å². The van der Waals surface area contributed by atoms with Gasteiger partial charge in [-0.2, -0.15) is 0 Å². The molecule has 0 bridgehead atoms. The Kier molecular flexibility index (Phi) is 7.00. The molecule has 160 valence electrons. The Labute approximate surface area is 177 Å². The number of carboxylic acids is 1. The molecule has 0 aliphatic carbocycles. The second-order valence-electron chi connectivity index (χ2n) is 6.57. The lowest BCUT2D eigenvalue weighted by atomic mass is 10.1. The fraction of sp³-hybridized carbons (Fsp3) is 0.182. The van der Waals surface area contributed by atoms with E-state index in [1.54, 1.807) is 18.5 Å². The van der Waals surface area contributed by atoms with Crippen molar-refractivity contribution >= 4 is 28.6 Å². The molecule has 0 radical (unpaired) electrons. The number of imidazole rings is 1. The van der Waals surface area contributed by atoms with Gasteiger partial charge in [0, 0.05) is 12.4 Å². The van der Waals surface area contributed by atoms with Crippen LogP contribution in [0.25, 0.3) is 22.2 Å². The molecule has 0 unspecified atom stereocenters. The number of benzene rings is 2. The third-order valence-corrected chi connectivity index (χ3v) is 4.36. The number of alkyl carbamates (subject to hydrolysis) is 1. The van der Waals surface area contributed by atoms with Gasteiger partial charge in [0.25, 0.3) is 0 Å². The molecule has 9 nitrogen and oxygen atoms in total. The predicted octanol–water partition coefficient (Wildman–Crippen LogP) is 2.93. The van der Waals surface area contributed by atoms with E-state index in [0.717, 1.165) is 10.8 Å². The van der Waals surface area contributed by atoms with E-state index in [2.05, 4.69) is 21.9 Å². The standard InChI is InChI=1S/C22H21N3O6/c1-2-9-30-22(29)25-17(12-20(27)28)18(26)13-31-19-11-15-6-4-3-5-14(15)10-16(19)21-23-7-8-24-21/h2-8,10-11,17H,1,9,12-13H2,(H,23,24)(H,25,29)(H,27,28)/t17-/m0/s1. The van der Waals surface area contributed by atoms with Gasteiger partial charge in [0.1, 0.15) is 30.8 Å². The van der Waals surface area contributed by atoms with Crippen molar-refractivity contribution in [2.45, 2.75) is 12.5 Å². The van der Waals surface area contributed by atoms with Crippen LogP contribution in [0, 0.1) is 0 Å². The van der Waals surface area contributed by atoms with Crippen LogP contribution in [0.1, 0.15) is 6.42 Å². The average Bonchev–Trinajstić information content (AvgIpc) is 3.29. The van der Waals surface area contributed by atoms with Crippen molar-refractivity contribution in [1.29, 1.82) is 0 Å². The number of H-pyrrole nitrogens is 1. The molecule has 2 aromatic carbocycles. The summed E-state index contributed by atoms with van der Waals surface area (Å²) in [4.78, 5) is 42.7. The number of nitrogens with zero attached hydrogens (tertiary/aromatic N) is 1. The summed E-state index contributed by atoms with van der Waals surface area (Å²) in [7, 11) is 0. The number of carbonyl (C=O) groups is 3. The number of ketones is 1. The lowest BCUT2D eigenvalue weighted by Gasteiger charge is -2.17. The summed E-state index contributed by atoms with van der Waals surface area (Å²) >= 11 is 0. The molecular weight excluding hydrogens is 402 g/mol. The highest BCUT2D eigenvalue weighted by Gasteiger charge is 2.25. The number of carboxylic acid groups (broad SMARTS) is 1. The number of nitrogens with one attached hydrogen (secondary N) is 2. The van der Waals surface area contributed by atoms with Crippen LogP contribution < -0.4 is 10.1 Å². The molecule has 3 aromatic rings. The quantitative estimate of drug-likeness (QED) is 0.427. The summed E-state index contributed by atoms with van der Waals surface area (Å²) in [6.07, 6.45) is 3.10. The van der Waals surface area contributed by atoms with Crippen molar-refractivity contribution in [1.82, 2.24) is 15.3 Å². The Morgan fingerprint density at radius 3 is 2.61 bits per heavy atom. The number of Topliss-reactive ketones (excluding diaryl/α,β-unsaturated/α-hetero) is 1. The fourth-order valence-electron chi connectivity index (χ4n) is 2.92. The molecule has 0 aliphatic rings. The summed E-state index contributed by atoms with van der Waals surface area (Å²) < 4.78 is 10.5. The molecule has 31 heavy (non-hydrogen) atoms. The third kappa shape index (κ3) is 5.69. The van der Waals surface area contributed by atoms with E-state index in [0.29, 0.717) is 17.1 Å². The maximum atomic E-state index is 12.6. The zero-order chi connectivity index (χ0) is 22.2. The lowest BCUT2D eigenvalue weighted by molar-refractivity contribution is -0.139. The van der Waals surface area contributed by atoms with E-state index in [1.807, 2.05) is 30.3 Å².